The minimum Gasteiger partial charge on any atom is -0.480 e. The molecule has 1 unspecified atom stereocenters. The van der Waals surface area contributed by atoms with Crippen molar-refractivity contribution in [2.45, 2.75) is 32.7 Å². The van der Waals surface area contributed by atoms with Gasteiger partial charge in [0.1, 0.15) is 0 Å². The van der Waals surface area contributed by atoms with E-state index >= 15 is 0 Å². The van der Waals surface area contributed by atoms with E-state index in [1.807, 2.05) is 24.3 Å². The zero-order valence-electron chi connectivity index (χ0n) is 10.5. The third-order valence-corrected chi connectivity index (χ3v) is 2.89. The van der Waals surface area contributed by atoms with Crippen LogP contribution in [-0.4, -0.2) is 11.1 Å². The zero-order valence-corrected chi connectivity index (χ0v) is 10.5. The summed E-state index contributed by atoms with van der Waals surface area (Å²) < 4.78 is 0. The Morgan fingerprint density at radius 2 is 1.94 bits per heavy atom. The van der Waals surface area contributed by atoms with Crippen LogP contribution in [0.5, 0.6) is 0 Å². The van der Waals surface area contributed by atoms with Crippen LogP contribution in [0.25, 0.3) is 0 Å². The van der Waals surface area contributed by atoms with Crippen molar-refractivity contribution in [2.75, 3.05) is 0 Å². The predicted octanol–water partition coefficient (Wildman–Crippen LogP) is 1.65. The van der Waals surface area contributed by atoms with Crippen molar-refractivity contribution in [1.82, 2.24) is 5.43 Å². The van der Waals surface area contributed by atoms with Crippen molar-refractivity contribution in [3.05, 3.63) is 35.4 Å². The van der Waals surface area contributed by atoms with E-state index in [1.54, 1.807) is 6.92 Å². The maximum Gasteiger partial charge on any atom is 0.329 e. The molecule has 4 N–H and O–H groups in total. The van der Waals surface area contributed by atoms with E-state index in [0.717, 1.165) is 6.42 Å². The average Bonchev–Trinajstić information content (AvgIpc) is 2.28. The highest BCUT2D eigenvalue weighted by Gasteiger charge is 2.33. The summed E-state index contributed by atoms with van der Waals surface area (Å²) in [5.74, 6) is 4.92. The smallest absolute Gasteiger partial charge is 0.329 e. The molecule has 4 heteroatoms. The van der Waals surface area contributed by atoms with Crippen molar-refractivity contribution in [2.24, 2.45) is 11.8 Å². The van der Waals surface area contributed by atoms with Crippen molar-refractivity contribution >= 4 is 5.97 Å². The maximum absolute atomic E-state index is 11.2. The summed E-state index contributed by atoms with van der Waals surface area (Å²) in [6, 6.07) is 7.53. The van der Waals surface area contributed by atoms with Crippen molar-refractivity contribution in [3.8, 4) is 0 Å². The van der Waals surface area contributed by atoms with E-state index in [2.05, 4.69) is 19.3 Å². The number of carboxylic acid groups (broad SMARTS) is 1. The van der Waals surface area contributed by atoms with Crippen LogP contribution in [0.4, 0.5) is 0 Å². The lowest BCUT2D eigenvalue weighted by Gasteiger charge is -2.24. The monoisotopic (exact) mass is 236 g/mol. The van der Waals surface area contributed by atoms with Gasteiger partial charge in [0.2, 0.25) is 0 Å². The van der Waals surface area contributed by atoms with Gasteiger partial charge in [0.05, 0.1) is 0 Å². The van der Waals surface area contributed by atoms with Gasteiger partial charge in [-0.25, -0.2) is 10.2 Å². The SMILES string of the molecule is CC(C)Cc1ccc(C(C)(NN)C(=O)O)cc1. The number of carbonyl (C=O) groups is 1. The molecule has 0 aromatic heterocycles. The molecule has 0 heterocycles. The normalized spacial score (nSPS) is 14.6. The Morgan fingerprint density at radius 1 is 1.41 bits per heavy atom. The van der Waals surface area contributed by atoms with Gasteiger partial charge in [0, 0.05) is 0 Å². The van der Waals surface area contributed by atoms with Crippen molar-refractivity contribution < 1.29 is 9.90 Å². The molecule has 1 aromatic carbocycles. The Morgan fingerprint density at radius 3 is 2.29 bits per heavy atom. The van der Waals surface area contributed by atoms with Crippen LogP contribution in [-0.2, 0) is 16.8 Å². The average molecular weight is 236 g/mol. The molecule has 0 fully saturated rings. The highest BCUT2D eigenvalue weighted by molar-refractivity contribution is 5.80. The van der Waals surface area contributed by atoms with Gasteiger partial charge in [-0.3, -0.25) is 5.84 Å². The second-order valence-electron chi connectivity index (χ2n) is 4.87. The number of nitrogens with two attached hydrogens (primary N) is 1. The quantitative estimate of drug-likeness (QED) is 0.536. The van der Waals surface area contributed by atoms with E-state index < -0.39 is 11.5 Å². The second-order valence-corrected chi connectivity index (χ2v) is 4.87. The Hall–Kier alpha value is -1.39. The minimum atomic E-state index is -1.24. The maximum atomic E-state index is 11.2. The van der Waals surface area contributed by atoms with E-state index in [9.17, 15) is 4.79 Å². The number of carboxylic acids is 1. The lowest BCUT2D eigenvalue weighted by Crippen LogP contribution is -2.50. The van der Waals surface area contributed by atoms with Crippen molar-refractivity contribution in [3.63, 3.8) is 0 Å². The van der Waals surface area contributed by atoms with Crippen LogP contribution in [0.1, 0.15) is 31.9 Å². The number of hydrogen-bond donors (Lipinski definition) is 3. The van der Waals surface area contributed by atoms with Crippen molar-refractivity contribution in [1.29, 1.82) is 0 Å². The molecule has 0 saturated carbocycles. The van der Waals surface area contributed by atoms with E-state index in [4.69, 9.17) is 10.9 Å². The zero-order chi connectivity index (χ0) is 13.1. The van der Waals surface area contributed by atoms with Gasteiger partial charge in [-0.05, 0) is 30.4 Å². The molecule has 0 bridgehead atoms. The fraction of sp³-hybridized carbons (Fsp3) is 0.462. The molecule has 4 nitrogen and oxygen atoms in total. The second kappa shape index (κ2) is 5.29. The van der Waals surface area contributed by atoms with Gasteiger partial charge in [-0.15, -0.1) is 0 Å². The number of aliphatic carboxylic acids is 1. The predicted molar refractivity (Wildman–Crippen MR) is 67.3 cm³/mol. The van der Waals surface area contributed by atoms with Gasteiger partial charge in [-0.2, -0.15) is 0 Å². The fourth-order valence-electron chi connectivity index (χ4n) is 1.71. The molecular weight excluding hydrogens is 216 g/mol. The van der Waals surface area contributed by atoms with Gasteiger partial charge >= 0.3 is 5.97 Å². The first kappa shape index (κ1) is 13.7. The van der Waals surface area contributed by atoms with Gasteiger partial charge in [-0.1, -0.05) is 38.1 Å². The Kier molecular flexibility index (Phi) is 4.26. The fourth-order valence-corrected chi connectivity index (χ4v) is 1.71. The van der Waals surface area contributed by atoms with Crippen LogP contribution in [0.3, 0.4) is 0 Å². The van der Waals surface area contributed by atoms with Crippen LogP contribution in [0, 0.1) is 5.92 Å². The van der Waals surface area contributed by atoms with E-state index in [0.29, 0.717) is 11.5 Å². The molecule has 0 saturated heterocycles. The van der Waals surface area contributed by atoms with Crippen LogP contribution in [0.2, 0.25) is 0 Å². The molecule has 1 rings (SSSR count). The highest BCUT2D eigenvalue weighted by Crippen LogP contribution is 2.21. The number of nitrogens with one attached hydrogen (secondary N) is 1. The van der Waals surface area contributed by atoms with Gasteiger partial charge < -0.3 is 5.11 Å². The van der Waals surface area contributed by atoms with Gasteiger partial charge in [0.25, 0.3) is 0 Å². The summed E-state index contributed by atoms with van der Waals surface area (Å²) in [5, 5.41) is 9.16. The molecule has 0 aliphatic rings. The Balaban J connectivity index is 2.97. The number of hydrazine groups is 1. The molecular formula is C13H20N2O2. The van der Waals surface area contributed by atoms with E-state index in [1.165, 1.54) is 5.56 Å². The topological polar surface area (TPSA) is 75.3 Å². The lowest BCUT2D eigenvalue weighted by atomic mass is 9.91. The molecule has 1 atom stereocenters. The number of rotatable bonds is 5. The van der Waals surface area contributed by atoms with Crippen LogP contribution < -0.4 is 11.3 Å². The molecule has 0 spiro atoms. The molecule has 94 valence electrons. The summed E-state index contributed by atoms with van der Waals surface area (Å²) >= 11 is 0. The molecule has 0 aliphatic heterocycles. The Bertz CT molecular complexity index is 387. The summed E-state index contributed by atoms with van der Waals surface area (Å²) in [6.07, 6.45) is 0.986. The summed E-state index contributed by atoms with van der Waals surface area (Å²) in [7, 11) is 0. The van der Waals surface area contributed by atoms with Crippen LogP contribution >= 0.6 is 0 Å². The summed E-state index contributed by atoms with van der Waals surface area (Å²) in [4.78, 5) is 11.2. The van der Waals surface area contributed by atoms with Crippen LogP contribution in [0.15, 0.2) is 24.3 Å². The molecule has 1 aromatic rings. The third kappa shape index (κ3) is 3.05. The first-order chi connectivity index (χ1) is 7.90. The number of hydrogen-bond acceptors (Lipinski definition) is 3. The molecule has 0 radical (unpaired) electrons. The largest absolute Gasteiger partial charge is 0.480 e. The van der Waals surface area contributed by atoms with Gasteiger partial charge in [0.15, 0.2) is 5.54 Å². The van der Waals surface area contributed by atoms with E-state index in [-0.39, 0.29) is 0 Å². The molecule has 0 amide bonds. The Labute approximate surface area is 102 Å². The molecule has 17 heavy (non-hydrogen) atoms. The standard InChI is InChI=1S/C13H20N2O2/c1-9(2)8-10-4-6-11(7-5-10)13(3,15-14)12(16)17/h4-7,9,15H,8,14H2,1-3H3,(H,16,17). The summed E-state index contributed by atoms with van der Waals surface area (Å²) in [6.45, 7) is 5.85. The first-order valence-electron chi connectivity index (χ1n) is 5.70. The summed E-state index contributed by atoms with van der Waals surface area (Å²) in [5.41, 5.74) is 2.97. The third-order valence-electron chi connectivity index (χ3n) is 2.89. The molecule has 0 aliphatic carbocycles. The first-order valence-corrected chi connectivity index (χ1v) is 5.70. The minimum absolute atomic E-state index is 0.583. The lowest BCUT2D eigenvalue weighted by molar-refractivity contribution is -0.144. The highest BCUT2D eigenvalue weighted by atomic mass is 16.4. The number of benzene rings is 1.